The molecule has 8 nitrogen and oxygen atoms in total. The van der Waals surface area contributed by atoms with Crippen molar-refractivity contribution in [2.75, 3.05) is 26.2 Å². The van der Waals surface area contributed by atoms with Crippen LogP contribution in [0.15, 0.2) is 0 Å². The van der Waals surface area contributed by atoms with E-state index in [9.17, 15) is 14.4 Å². The second-order valence-electron chi connectivity index (χ2n) is 9.25. The van der Waals surface area contributed by atoms with E-state index in [-0.39, 0.29) is 31.5 Å². The highest BCUT2D eigenvalue weighted by atomic mass is 16.6. The maximum Gasteiger partial charge on any atom is 0.411 e. The van der Waals surface area contributed by atoms with Crippen LogP contribution < -0.4 is 5.32 Å². The summed E-state index contributed by atoms with van der Waals surface area (Å²) >= 11 is 0. The van der Waals surface area contributed by atoms with E-state index in [1.807, 2.05) is 13.8 Å². The van der Waals surface area contributed by atoms with Crippen molar-refractivity contribution in [1.82, 2.24) is 15.1 Å². The molecule has 1 fully saturated rings. The molecule has 0 radical (unpaired) electrons. The Balaban J connectivity index is 2.93. The van der Waals surface area contributed by atoms with Crippen LogP contribution in [0.2, 0.25) is 0 Å². The van der Waals surface area contributed by atoms with Crippen LogP contribution in [0.5, 0.6) is 0 Å². The average molecular weight is 386 g/mol. The molecule has 0 aromatic carbocycles. The summed E-state index contributed by atoms with van der Waals surface area (Å²) in [5.74, 6) is -0.0303. The molecule has 156 valence electrons. The van der Waals surface area contributed by atoms with E-state index in [1.165, 1.54) is 9.80 Å². The van der Waals surface area contributed by atoms with E-state index in [4.69, 9.17) is 9.47 Å². The van der Waals surface area contributed by atoms with Crippen LogP contribution in [0.1, 0.15) is 55.4 Å². The number of hydrogen-bond donors (Lipinski definition) is 1. The zero-order chi connectivity index (χ0) is 21.0. The maximum atomic E-state index is 12.7. The fourth-order valence-corrected chi connectivity index (χ4v) is 2.46. The summed E-state index contributed by atoms with van der Waals surface area (Å²) in [4.78, 5) is 40.5. The topological polar surface area (TPSA) is 88.2 Å². The Labute approximate surface area is 162 Å². The third kappa shape index (κ3) is 8.05. The Morgan fingerprint density at radius 1 is 0.963 bits per heavy atom. The van der Waals surface area contributed by atoms with Crippen molar-refractivity contribution in [2.45, 2.75) is 72.6 Å². The monoisotopic (exact) mass is 385 g/mol. The Morgan fingerprint density at radius 2 is 1.48 bits per heavy atom. The molecule has 1 N–H and O–H groups in total. The number of carbonyl (C=O) groups excluding carboxylic acids is 3. The highest BCUT2D eigenvalue weighted by Gasteiger charge is 2.39. The van der Waals surface area contributed by atoms with E-state index in [0.717, 1.165) is 0 Å². The Hall–Kier alpha value is -1.99. The number of rotatable bonds is 3. The summed E-state index contributed by atoms with van der Waals surface area (Å²) in [6.07, 6.45) is -1.05. The number of carbonyl (C=O) groups is 3. The molecule has 1 heterocycles. The van der Waals surface area contributed by atoms with Crippen molar-refractivity contribution < 1.29 is 23.9 Å². The van der Waals surface area contributed by atoms with Gasteiger partial charge in [0.2, 0.25) is 5.91 Å². The first-order chi connectivity index (χ1) is 12.2. The summed E-state index contributed by atoms with van der Waals surface area (Å²) in [5.41, 5.74) is -1.30. The first-order valence-corrected chi connectivity index (χ1v) is 9.45. The van der Waals surface area contributed by atoms with Gasteiger partial charge >= 0.3 is 12.2 Å². The van der Waals surface area contributed by atoms with Crippen molar-refractivity contribution in [1.29, 1.82) is 0 Å². The van der Waals surface area contributed by atoms with Gasteiger partial charge in [0, 0.05) is 19.6 Å². The molecule has 0 spiro atoms. The fourth-order valence-electron chi connectivity index (χ4n) is 2.46. The van der Waals surface area contributed by atoms with E-state index in [0.29, 0.717) is 6.54 Å². The van der Waals surface area contributed by atoms with Crippen LogP contribution in [0.25, 0.3) is 0 Å². The smallest absolute Gasteiger partial charge is 0.411 e. The van der Waals surface area contributed by atoms with E-state index in [1.54, 1.807) is 41.5 Å². The quantitative estimate of drug-likeness (QED) is 0.807. The molecule has 0 aromatic heterocycles. The first kappa shape index (κ1) is 23.0. The lowest BCUT2D eigenvalue weighted by Gasteiger charge is -2.41. The normalized spacial score (nSPS) is 18.3. The number of ether oxygens (including phenoxy) is 2. The summed E-state index contributed by atoms with van der Waals surface area (Å²) in [5, 5.41) is 2.84. The van der Waals surface area contributed by atoms with Gasteiger partial charge < -0.3 is 19.7 Å². The van der Waals surface area contributed by atoms with Crippen LogP contribution in [0.4, 0.5) is 9.59 Å². The third-order valence-electron chi connectivity index (χ3n) is 3.65. The zero-order valence-electron chi connectivity index (χ0n) is 17.9. The zero-order valence-corrected chi connectivity index (χ0v) is 17.9. The maximum absolute atomic E-state index is 12.7. The molecule has 0 bridgehead atoms. The molecule has 1 rings (SSSR count). The minimum absolute atomic E-state index is 0.0675. The molecule has 1 aliphatic rings. The molecule has 0 aliphatic carbocycles. The number of nitrogens with one attached hydrogen (secondary N) is 1. The number of piperazine rings is 1. The lowest BCUT2D eigenvalue weighted by Crippen LogP contribution is -2.62. The summed E-state index contributed by atoms with van der Waals surface area (Å²) < 4.78 is 10.8. The van der Waals surface area contributed by atoms with Crippen molar-refractivity contribution in [3.63, 3.8) is 0 Å². The molecule has 3 amide bonds. The highest BCUT2D eigenvalue weighted by Crippen LogP contribution is 2.18. The van der Waals surface area contributed by atoms with E-state index < -0.39 is 29.4 Å². The molecule has 1 saturated heterocycles. The first-order valence-electron chi connectivity index (χ1n) is 9.45. The minimum atomic E-state index is -0.820. The van der Waals surface area contributed by atoms with Crippen molar-refractivity contribution in [2.24, 2.45) is 5.92 Å². The fraction of sp³-hybridized carbons (Fsp3) is 0.842. The SMILES string of the molecule is CC(C)CNC(=O)C1CN(C(=O)OC(C)(C)C)CCN1C(=O)OC(C)(C)C. The van der Waals surface area contributed by atoms with Gasteiger partial charge in [-0.25, -0.2) is 9.59 Å². The Morgan fingerprint density at radius 3 is 1.96 bits per heavy atom. The van der Waals surface area contributed by atoms with Gasteiger partial charge in [-0.2, -0.15) is 0 Å². The Bertz CT molecular complexity index is 549. The van der Waals surface area contributed by atoms with Gasteiger partial charge in [-0.15, -0.1) is 0 Å². The standard InChI is InChI=1S/C19H35N3O5/c1-13(2)11-20-15(23)14-12-21(16(24)26-18(3,4)5)9-10-22(14)17(25)27-19(6,7)8/h13-14H,9-12H2,1-8H3,(H,20,23). The van der Waals surface area contributed by atoms with Gasteiger partial charge in [-0.1, -0.05) is 13.8 Å². The van der Waals surface area contributed by atoms with Crippen LogP contribution in [-0.4, -0.2) is 71.3 Å². The Kier molecular flexibility index (Phi) is 7.51. The van der Waals surface area contributed by atoms with Crippen molar-refractivity contribution in [3.8, 4) is 0 Å². The van der Waals surface area contributed by atoms with Gasteiger partial charge in [0.25, 0.3) is 0 Å². The third-order valence-corrected chi connectivity index (χ3v) is 3.65. The summed E-state index contributed by atoms with van der Waals surface area (Å²) in [6, 6.07) is -0.820. The molecule has 0 saturated carbocycles. The number of hydrogen-bond acceptors (Lipinski definition) is 5. The van der Waals surface area contributed by atoms with Crippen molar-refractivity contribution >= 4 is 18.1 Å². The van der Waals surface area contributed by atoms with Gasteiger partial charge in [-0.3, -0.25) is 9.69 Å². The van der Waals surface area contributed by atoms with E-state index in [2.05, 4.69) is 5.32 Å². The molecule has 27 heavy (non-hydrogen) atoms. The molecule has 1 unspecified atom stereocenters. The van der Waals surface area contributed by atoms with Crippen molar-refractivity contribution in [3.05, 3.63) is 0 Å². The van der Waals surface area contributed by atoms with Gasteiger partial charge in [0.05, 0.1) is 6.54 Å². The van der Waals surface area contributed by atoms with Gasteiger partial charge in [0.1, 0.15) is 17.2 Å². The number of amides is 3. The lowest BCUT2D eigenvalue weighted by atomic mass is 10.1. The minimum Gasteiger partial charge on any atom is -0.444 e. The van der Waals surface area contributed by atoms with Crippen LogP contribution in [-0.2, 0) is 14.3 Å². The molecular formula is C19H35N3O5. The molecule has 0 aromatic rings. The van der Waals surface area contributed by atoms with Crippen LogP contribution >= 0.6 is 0 Å². The predicted molar refractivity (Wildman–Crippen MR) is 102 cm³/mol. The van der Waals surface area contributed by atoms with Crippen LogP contribution in [0, 0.1) is 5.92 Å². The number of nitrogens with zero attached hydrogens (tertiary/aromatic N) is 2. The highest BCUT2D eigenvalue weighted by molar-refractivity contribution is 5.87. The van der Waals surface area contributed by atoms with Gasteiger partial charge in [0.15, 0.2) is 0 Å². The largest absolute Gasteiger partial charge is 0.444 e. The average Bonchev–Trinajstić information content (AvgIpc) is 2.48. The van der Waals surface area contributed by atoms with E-state index >= 15 is 0 Å². The van der Waals surface area contributed by atoms with Gasteiger partial charge in [-0.05, 0) is 47.5 Å². The second-order valence-corrected chi connectivity index (χ2v) is 9.25. The molecule has 1 atom stereocenters. The predicted octanol–water partition coefficient (Wildman–Crippen LogP) is 2.62. The lowest BCUT2D eigenvalue weighted by molar-refractivity contribution is -0.128. The molecular weight excluding hydrogens is 350 g/mol. The molecule has 8 heteroatoms. The summed E-state index contributed by atoms with van der Waals surface area (Å²) in [6.45, 7) is 15.7. The second kappa shape index (κ2) is 8.80. The molecule has 1 aliphatic heterocycles. The summed E-state index contributed by atoms with van der Waals surface area (Å²) in [7, 11) is 0. The van der Waals surface area contributed by atoms with Crippen LogP contribution in [0.3, 0.4) is 0 Å².